The molecule has 1 aliphatic heterocycles. The molecule has 1 atom stereocenters. The van der Waals surface area contributed by atoms with Crippen LogP contribution in [0.5, 0.6) is 0 Å². The van der Waals surface area contributed by atoms with Crippen molar-refractivity contribution in [3.63, 3.8) is 0 Å². The van der Waals surface area contributed by atoms with Crippen LogP contribution in [-0.2, 0) is 14.8 Å². The molecule has 8 heavy (non-hydrogen) atoms. The minimum atomic E-state index is -3.21. The third-order valence-electron chi connectivity index (χ3n) is 1.08. The molecule has 0 spiro atoms. The van der Waals surface area contributed by atoms with Gasteiger partial charge in [0.25, 0.3) is 5.91 Å². The van der Waals surface area contributed by atoms with E-state index in [-0.39, 0.29) is 0 Å². The molecule has 0 aromatic rings. The summed E-state index contributed by atoms with van der Waals surface area (Å²) in [5.41, 5.74) is 0. The van der Waals surface area contributed by atoms with E-state index in [1.165, 1.54) is 6.92 Å². The summed E-state index contributed by atoms with van der Waals surface area (Å²) in [6, 6.07) is 0. The first kappa shape index (κ1) is 5.55. The van der Waals surface area contributed by atoms with Gasteiger partial charge < -0.3 is 0 Å². The van der Waals surface area contributed by atoms with Crippen LogP contribution in [-0.4, -0.2) is 19.6 Å². The molecule has 0 aromatic carbocycles. The number of nitrogens with one attached hydrogen (secondary N) is 1. The summed E-state index contributed by atoms with van der Waals surface area (Å²) in [7, 11) is -3.21. The number of hydrogen-bond donors (Lipinski definition) is 1. The molecule has 0 saturated carbocycles. The highest BCUT2D eigenvalue weighted by molar-refractivity contribution is 7.93. The molecule has 1 rings (SSSR count). The van der Waals surface area contributed by atoms with Gasteiger partial charge in [0, 0.05) is 0 Å². The Morgan fingerprint density at radius 3 is 2.12 bits per heavy atom. The molecule has 1 saturated heterocycles. The average molecular weight is 135 g/mol. The summed E-state index contributed by atoms with van der Waals surface area (Å²) < 4.78 is 22.4. The van der Waals surface area contributed by atoms with Gasteiger partial charge in [0.05, 0.1) is 0 Å². The van der Waals surface area contributed by atoms with E-state index in [4.69, 9.17) is 0 Å². The molecule has 1 fully saturated rings. The molecule has 46 valence electrons. The van der Waals surface area contributed by atoms with Gasteiger partial charge in [-0.3, -0.25) is 9.52 Å². The first-order valence-corrected chi connectivity index (χ1v) is 3.64. The maximum absolute atomic E-state index is 10.3. The van der Waals surface area contributed by atoms with Gasteiger partial charge in [0.1, 0.15) is 0 Å². The molecule has 1 N–H and O–H groups in total. The molecule has 1 aliphatic rings. The van der Waals surface area contributed by atoms with Crippen LogP contribution in [0, 0.1) is 0 Å². The van der Waals surface area contributed by atoms with Crippen LogP contribution < -0.4 is 4.72 Å². The molecule has 0 radical (unpaired) electrons. The van der Waals surface area contributed by atoms with Crippen LogP contribution in [0.4, 0.5) is 0 Å². The monoisotopic (exact) mass is 135 g/mol. The Labute approximate surface area is 46.9 Å². The van der Waals surface area contributed by atoms with Gasteiger partial charge in [-0.05, 0) is 6.92 Å². The standard InChI is InChI=1S/C3H5NO3S/c1-2-3(5)4-8(2,6)7/h2H,1H3,(H,4,5). The summed E-state index contributed by atoms with van der Waals surface area (Å²) in [6.07, 6.45) is 0. The summed E-state index contributed by atoms with van der Waals surface area (Å²) >= 11 is 0. The van der Waals surface area contributed by atoms with E-state index in [9.17, 15) is 13.2 Å². The highest BCUT2D eigenvalue weighted by Gasteiger charge is 2.40. The third kappa shape index (κ3) is 0.509. The zero-order chi connectivity index (χ0) is 6.36. The highest BCUT2D eigenvalue weighted by Crippen LogP contribution is 2.07. The normalized spacial score (nSPS) is 33.1. The minimum absolute atomic E-state index is 0.412. The minimum Gasteiger partial charge on any atom is -0.272 e. The second-order valence-electron chi connectivity index (χ2n) is 1.65. The third-order valence-corrected chi connectivity index (χ3v) is 2.71. The van der Waals surface area contributed by atoms with Gasteiger partial charge >= 0.3 is 0 Å². The maximum atomic E-state index is 10.3. The van der Waals surface area contributed by atoms with E-state index in [2.05, 4.69) is 0 Å². The Hall–Kier alpha value is -0.580. The molecule has 1 unspecified atom stereocenters. The second kappa shape index (κ2) is 1.22. The van der Waals surface area contributed by atoms with Crippen molar-refractivity contribution < 1.29 is 13.2 Å². The SMILES string of the molecule is CC1C(=O)NS1(=O)=O. The molecular weight excluding hydrogens is 130 g/mol. The Bertz CT molecular complexity index is 217. The summed E-state index contributed by atoms with van der Waals surface area (Å²) in [5, 5.41) is -0.831. The number of sulfonamides is 1. The molecular formula is C3H5NO3S. The van der Waals surface area contributed by atoms with E-state index >= 15 is 0 Å². The van der Waals surface area contributed by atoms with Crippen molar-refractivity contribution in [3.8, 4) is 0 Å². The van der Waals surface area contributed by atoms with Crippen molar-refractivity contribution in [2.45, 2.75) is 12.2 Å². The van der Waals surface area contributed by atoms with Gasteiger partial charge in [-0.1, -0.05) is 0 Å². The van der Waals surface area contributed by atoms with Gasteiger partial charge in [0.2, 0.25) is 10.0 Å². The van der Waals surface area contributed by atoms with Crippen molar-refractivity contribution in [2.75, 3.05) is 0 Å². The van der Waals surface area contributed by atoms with Crippen LogP contribution in [0.3, 0.4) is 0 Å². The van der Waals surface area contributed by atoms with Crippen LogP contribution in [0.25, 0.3) is 0 Å². The Morgan fingerprint density at radius 1 is 1.62 bits per heavy atom. The van der Waals surface area contributed by atoms with E-state index in [0.29, 0.717) is 0 Å². The Kier molecular flexibility index (Phi) is 0.849. The number of amides is 1. The highest BCUT2D eigenvalue weighted by atomic mass is 32.2. The summed E-state index contributed by atoms with van der Waals surface area (Å²) in [6.45, 7) is 1.36. The first-order valence-electron chi connectivity index (χ1n) is 2.09. The molecule has 0 bridgehead atoms. The number of hydrogen-bond acceptors (Lipinski definition) is 3. The van der Waals surface area contributed by atoms with E-state index < -0.39 is 21.2 Å². The van der Waals surface area contributed by atoms with E-state index in [1.54, 1.807) is 4.72 Å². The number of rotatable bonds is 0. The van der Waals surface area contributed by atoms with Crippen molar-refractivity contribution >= 4 is 15.9 Å². The lowest BCUT2D eigenvalue weighted by molar-refractivity contribution is -0.120. The quantitative estimate of drug-likeness (QED) is 0.455. The zero-order valence-corrected chi connectivity index (χ0v) is 5.03. The van der Waals surface area contributed by atoms with E-state index in [0.717, 1.165) is 0 Å². The van der Waals surface area contributed by atoms with Gasteiger partial charge in [-0.2, -0.15) is 0 Å². The van der Waals surface area contributed by atoms with Gasteiger partial charge in [-0.25, -0.2) is 8.42 Å². The van der Waals surface area contributed by atoms with Crippen molar-refractivity contribution in [1.82, 2.24) is 4.72 Å². The van der Waals surface area contributed by atoms with Crippen LogP contribution >= 0.6 is 0 Å². The molecule has 4 nitrogen and oxygen atoms in total. The fourth-order valence-electron chi connectivity index (χ4n) is 0.394. The predicted molar refractivity (Wildman–Crippen MR) is 26.5 cm³/mol. The van der Waals surface area contributed by atoms with Crippen LogP contribution in [0.1, 0.15) is 6.92 Å². The maximum Gasteiger partial charge on any atom is 0.253 e. The molecule has 1 amide bonds. The average Bonchev–Trinajstić information content (AvgIpc) is 1.65. The topological polar surface area (TPSA) is 63.2 Å². The van der Waals surface area contributed by atoms with Gasteiger partial charge in [-0.15, -0.1) is 0 Å². The lowest BCUT2D eigenvalue weighted by Crippen LogP contribution is -2.56. The fraction of sp³-hybridized carbons (Fsp3) is 0.667. The lowest BCUT2D eigenvalue weighted by Gasteiger charge is -2.21. The van der Waals surface area contributed by atoms with Crippen molar-refractivity contribution in [3.05, 3.63) is 0 Å². The van der Waals surface area contributed by atoms with E-state index in [1.807, 2.05) is 0 Å². The molecule has 5 heteroatoms. The lowest BCUT2D eigenvalue weighted by atomic mass is 10.5. The van der Waals surface area contributed by atoms with Gasteiger partial charge in [0.15, 0.2) is 5.25 Å². The zero-order valence-electron chi connectivity index (χ0n) is 4.21. The first-order chi connectivity index (χ1) is 3.54. The van der Waals surface area contributed by atoms with Crippen LogP contribution in [0.15, 0.2) is 0 Å². The Morgan fingerprint density at radius 2 is 2.12 bits per heavy atom. The molecule has 1 heterocycles. The molecule has 0 aromatic heterocycles. The largest absolute Gasteiger partial charge is 0.272 e. The smallest absolute Gasteiger partial charge is 0.253 e. The molecule has 0 aliphatic carbocycles. The number of carbonyl (C=O) groups excluding carboxylic acids is 1. The predicted octanol–water partition coefficient (Wildman–Crippen LogP) is -1.17. The van der Waals surface area contributed by atoms with Crippen LogP contribution in [0.2, 0.25) is 0 Å². The second-order valence-corrected chi connectivity index (χ2v) is 3.65. The van der Waals surface area contributed by atoms with Crippen molar-refractivity contribution in [2.24, 2.45) is 0 Å². The fourth-order valence-corrected chi connectivity index (χ4v) is 1.18. The summed E-state index contributed by atoms with van der Waals surface area (Å²) in [5.74, 6) is -0.412. The van der Waals surface area contributed by atoms with Crippen molar-refractivity contribution in [1.29, 1.82) is 0 Å². The Balaban J connectivity index is 2.91. The summed E-state index contributed by atoms with van der Waals surface area (Å²) in [4.78, 5) is 10.2. The number of carbonyl (C=O) groups is 1.